The zero-order chi connectivity index (χ0) is 13.2. The second-order valence-corrected chi connectivity index (χ2v) is 5.99. The number of aromatic hydroxyl groups is 1. The second kappa shape index (κ2) is 5.24. The summed E-state index contributed by atoms with van der Waals surface area (Å²) in [6, 6.07) is 7.14. The number of para-hydroxylation sites is 1. The Morgan fingerprint density at radius 2 is 1.68 bits per heavy atom. The van der Waals surface area contributed by atoms with Crippen molar-refractivity contribution in [3.63, 3.8) is 0 Å². The molecule has 1 aromatic carbocycles. The first-order valence-corrected chi connectivity index (χ1v) is 7.27. The minimum Gasteiger partial charge on any atom is -0.508 e. The highest BCUT2D eigenvalue weighted by atomic mass is 16.3. The maximum Gasteiger partial charge on any atom is 0.227 e. The van der Waals surface area contributed by atoms with Crippen LogP contribution in [0.5, 0.6) is 5.75 Å². The third-order valence-corrected chi connectivity index (χ3v) is 4.04. The topological polar surface area (TPSA) is 40.5 Å². The molecule has 2 aliphatic carbocycles. The Morgan fingerprint density at radius 3 is 2.21 bits per heavy atom. The molecule has 3 nitrogen and oxygen atoms in total. The van der Waals surface area contributed by atoms with Gasteiger partial charge in [0.15, 0.2) is 0 Å². The van der Waals surface area contributed by atoms with Gasteiger partial charge < -0.3 is 10.0 Å². The van der Waals surface area contributed by atoms with Crippen LogP contribution in [0.4, 0.5) is 0 Å². The molecule has 0 aliphatic heterocycles. The first-order chi connectivity index (χ1) is 9.22. The predicted octanol–water partition coefficient (Wildman–Crippen LogP) is 2.58. The predicted molar refractivity (Wildman–Crippen MR) is 73.8 cm³/mol. The molecule has 2 fully saturated rings. The van der Waals surface area contributed by atoms with Crippen molar-refractivity contribution in [3.8, 4) is 5.75 Å². The van der Waals surface area contributed by atoms with Gasteiger partial charge >= 0.3 is 0 Å². The number of carbonyl (C=O) groups is 1. The molecule has 1 amide bonds. The van der Waals surface area contributed by atoms with Crippen molar-refractivity contribution in [2.45, 2.75) is 32.1 Å². The molecule has 1 aromatic rings. The van der Waals surface area contributed by atoms with Gasteiger partial charge in [-0.2, -0.15) is 0 Å². The number of hydrogen-bond donors (Lipinski definition) is 1. The molecular weight excluding hydrogens is 238 g/mol. The van der Waals surface area contributed by atoms with Gasteiger partial charge in [-0.05, 0) is 43.6 Å². The fourth-order valence-corrected chi connectivity index (χ4v) is 2.44. The molecule has 102 valence electrons. The highest BCUT2D eigenvalue weighted by Gasteiger charge is 2.31. The summed E-state index contributed by atoms with van der Waals surface area (Å²) in [5.41, 5.74) is 0.740. The van der Waals surface area contributed by atoms with E-state index >= 15 is 0 Å². The van der Waals surface area contributed by atoms with Gasteiger partial charge in [-0.15, -0.1) is 0 Å². The number of hydrogen-bond acceptors (Lipinski definition) is 2. The normalized spacial score (nSPS) is 18.3. The molecule has 0 atom stereocenters. The van der Waals surface area contributed by atoms with E-state index in [1.165, 1.54) is 25.7 Å². The van der Waals surface area contributed by atoms with Gasteiger partial charge in [-0.1, -0.05) is 18.2 Å². The third kappa shape index (κ3) is 3.49. The number of phenolic OH excluding ortho intramolecular Hbond substituents is 1. The minimum atomic E-state index is 0.167. The number of phenols is 1. The number of rotatable bonds is 6. The third-order valence-electron chi connectivity index (χ3n) is 4.04. The molecule has 3 heteroatoms. The van der Waals surface area contributed by atoms with Crippen LogP contribution in [0.1, 0.15) is 31.2 Å². The molecule has 0 unspecified atom stereocenters. The number of nitrogens with zero attached hydrogens (tertiary/aromatic N) is 1. The molecule has 2 saturated carbocycles. The molecule has 2 aliphatic rings. The molecule has 0 spiro atoms. The van der Waals surface area contributed by atoms with E-state index in [4.69, 9.17) is 0 Å². The zero-order valence-corrected chi connectivity index (χ0v) is 11.2. The lowest BCUT2D eigenvalue weighted by atomic mass is 10.1. The van der Waals surface area contributed by atoms with E-state index in [1.54, 1.807) is 12.1 Å². The van der Waals surface area contributed by atoms with Gasteiger partial charge in [0.05, 0.1) is 6.42 Å². The molecule has 0 aromatic heterocycles. The Morgan fingerprint density at radius 1 is 1.11 bits per heavy atom. The molecule has 0 heterocycles. The highest BCUT2D eigenvalue weighted by Crippen LogP contribution is 2.34. The van der Waals surface area contributed by atoms with Crippen molar-refractivity contribution in [2.24, 2.45) is 11.8 Å². The van der Waals surface area contributed by atoms with Crippen LogP contribution in [0, 0.1) is 11.8 Å². The Kier molecular flexibility index (Phi) is 3.45. The maximum absolute atomic E-state index is 12.4. The van der Waals surface area contributed by atoms with Crippen LogP contribution in [-0.2, 0) is 11.2 Å². The summed E-state index contributed by atoms with van der Waals surface area (Å²) in [5, 5.41) is 9.76. The van der Waals surface area contributed by atoms with Crippen LogP contribution >= 0.6 is 0 Å². The number of benzene rings is 1. The van der Waals surface area contributed by atoms with Crippen molar-refractivity contribution in [1.82, 2.24) is 4.90 Å². The van der Waals surface area contributed by atoms with Crippen LogP contribution in [0.15, 0.2) is 24.3 Å². The van der Waals surface area contributed by atoms with Gasteiger partial charge in [-0.25, -0.2) is 0 Å². The lowest BCUT2D eigenvalue weighted by Crippen LogP contribution is -2.35. The number of amides is 1. The van der Waals surface area contributed by atoms with Gasteiger partial charge in [0, 0.05) is 18.7 Å². The molecule has 19 heavy (non-hydrogen) atoms. The standard InChI is InChI=1S/C16H21NO2/c18-15-4-2-1-3-14(15)9-16(19)17(10-12-5-6-12)11-13-7-8-13/h1-4,12-13,18H,5-11H2. The second-order valence-electron chi connectivity index (χ2n) is 5.99. The Bertz CT molecular complexity index is 450. The summed E-state index contributed by atoms with van der Waals surface area (Å²) in [6.07, 6.45) is 5.40. The first kappa shape index (κ1) is 12.5. The van der Waals surface area contributed by atoms with Crippen molar-refractivity contribution in [3.05, 3.63) is 29.8 Å². The minimum absolute atomic E-state index is 0.167. The van der Waals surface area contributed by atoms with Crippen LogP contribution in [0.3, 0.4) is 0 Å². The summed E-state index contributed by atoms with van der Waals surface area (Å²) in [5.74, 6) is 1.85. The molecule has 0 bridgehead atoms. The lowest BCUT2D eigenvalue weighted by molar-refractivity contribution is -0.131. The van der Waals surface area contributed by atoms with Crippen molar-refractivity contribution < 1.29 is 9.90 Å². The summed E-state index contributed by atoms with van der Waals surface area (Å²) in [6.45, 7) is 1.84. The van der Waals surface area contributed by atoms with E-state index in [9.17, 15) is 9.90 Å². The molecule has 0 radical (unpaired) electrons. The van der Waals surface area contributed by atoms with Crippen LogP contribution in [0.2, 0.25) is 0 Å². The van der Waals surface area contributed by atoms with Gasteiger partial charge in [-0.3, -0.25) is 4.79 Å². The van der Waals surface area contributed by atoms with Gasteiger partial charge in [0.2, 0.25) is 5.91 Å². The molecule has 3 rings (SSSR count). The van der Waals surface area contributed by atoms with E-state index in [1.807, 2.05) is 17.0 Å². The quantitative estimate of drug-likeness (QED) is 0.853. The SMILES string of the molecule is O=C(Cc1ccccc1O)N(CC1CC1)CC1CC1. The smallest absolute Gasteiger partial charge is 0.227 e. The van der Waals surface area contributed by atoms with E-state index in [2.05, 4.69) is 0 Å². The van der Waals surface area contributed by atoms with E-state index in [0.717, 1.165) is 30.5 Å². The Balaban J connectivity index is 1.63. The fraction of sp³-hybridized carbons (Fsp3) is 0.562. The summed E-state index contributed by atoms with van der Waals surface area (Å²) in [7, 11) is 0. The van der Waals surface area contributed by atoms with Crippen molar-refractivity contribution in [1.29, 1.82) is 0 Å². The summed E-state index contributed by atoms with van der Waals surface area (Å²) >= 11 is 0. The average Bonchev–Trinajstić information content (AvgIpc) is 3.26. The van der Waals surface area contributed by atoms with E-state index in [0.29, 0.717) is 6.42 Å². The van der Waals surface area contributed by atoms with E-state index < -0.39 is 0 Å². The monoisotopic (exact) mass is 259 g/mol. The zero-order valence-electron chi connectivity index (χ0n) is 11.2. The van der Waals surface area contributed by atoms with Gasteiger partial charge in [0.25, 0.3) is 0 Å². The van der Waals surface area contributed by atoms with E-state index in [-0.39, 0.29) is 11.7 Å². The van der Waals surface area contributed by atoms with Crippen molar-refractivity contribution >= 4 is 5.91 Å². The Labute approximate surface area is 114 Å². The van der Waals surface area contributed by atoms with Crippen LogP contribution in [0.25, 0.3) is 0 Å². The lowest BCUT2D eigenvalue weighted by Gasteiger charge is -2.23. The molecular formula is C16H21NO2. The number of carbonyl (C=O) groups excluding carboxylic acids is 1. The van der Waals surface area contributed by atoms with Crippen molar-refractivity contribution in [2.75, 3.05) is 13.1 Å². The van der Waals surface area contributed by atoms with Gasteiger partial charge in [0.1, 0.15) is 5.75 Å². The molecule has 1 N–H and O–H groups in total. The fourth-order valence-electron chi connectivity index (χ4n) is 2.44. The summed E-state index contributed by atoms with van der Waals surface area (Å²) < 4.78 is 0. The Hall–Kier alpha value is -1.51. The largest absolute Gasteiger partial charge is 0.508 e. The summed E-state index contributed by atoms with van der Waals surface area (Å²) in [4.78, 5) is 14.4. The highest BCUT2D eigenvalue weighted by molar-refractivity contribution is 5.79. The van der Waals surface area contributed by atoms with Crippen LogP contribution < -0.4 is 0 Å². The van der Waals surface area contributed by atoms with Crippen LogP contribution in [-0.4, -0.2) is 29.0 Å². The first-order valence-electron chi connectivity index (χ1n) is 7.27. The average molecular weight is 259 g/mol. The molecule has 0 saturated heterocycles. The maximum atomic E-state index is 12.4.